The molecule has 1 saturated carbocycles. The summed E-state index contributed by atoms with van der Waals surface area (Å²) >= 11 is 3.39. The van der Waals surface area contributed by atoms with E-state index < -0.39 is 0 Å². The van der Waals surface area contributed by atoms with Gasteiger partial charge in [-0.3, -0.25) is 4.79 Å². The highest BCUT2D eigenvalue weighted by Crippen LogP contribution is 2.23. The average Bonchev–Trinajstić information content (AvgIpc) is 2.41. The molecule has 1 N–H and O–H groups in total. The Morgan fingerprint density at radius 3 is 2.65 bits per heavy atom. The summed E-state index contributed by atoms with van der Waals surface area (Å²) in [6, 6.07) is 0.447. The van der Waals surface area contributed by atoms with Crippen LogP contribution in [0.2, 0.25) is 0 Å². The average molecular weight is 340 g/mol. The highest BCUT2D eigenvalue weighted by atomic mass is 79.9. The molecule has 0 bridgehead atoms. The van der Waals surface area contributed by atoms with Crippen LogP contribution in [0.4, 0.5) is 5.69 Å². The van der Waals surface area contributed by atoms with Gasteiger partial charge in [0, 0.05) is 6.04 Å². The summed E-state index contributed by atoms with van der Waals surface area (Å²) < 4.78 is 1.97. The van der Waals surface area contributed by atoms with Gasteiger partial charge < -0.3 is 5.32 Å². The van der Waals surface area contributed by atoms with Crippen molar-refractivity contribution in [1.29, 1.82) is 0 Å². The minimum absolute atomic E-state index is 0.110. The molecule has 0 saturated heterocycles. The molecule has 0 radical (unpaired) electrons. The fraction of sp³-hybridized carbons (Fsp3) is 0.600. The van der Waals surface area contributed by atoms with Gasteiger partial charge in [0.25, 0.3) is 5.56 Å². The van der Waals surface area contributed by atoms with Crippen molar-refractivity contribution in [1.82, 2.24) is 9.78 Å². The van der Waals surface area contributed by atoms with E-state index in [2.05, 4.69) is 32.9 Å². The van der Waals surface area contributed by atoms with E-state index in [-0.39, 0.29) is 5.56 Å². The number of nitrogens with zero attached hydrogens (tertiary/aromatic N) is 2. The second-order valence-electron chi connectivity index (χ2n) is 5.33. The summed E-state index contributed by atoms with van der Waals surface area (Å²) in [5.41, 5.74) is 0.696. The van der Waals surface area contributed by atoms with Crippen LogP contribution in [0.3, 0.4) is 0 Å². The third kappa shape index (κ3) is 3.95. The molecular formula is C15H22BrN3O. The molecule has 0 aliphatic heterocycles. The summed E-state index contributed by atoms with van der Waals surface area (Å²) in [5.74, 6) is 0. The third-order valence-electron chi connectivity index (χ3n) is 3.75. The first kappa shape index (κ1) is 15.3. The Balaban J connectivity index is 2.10. The molecule has 0 amide bonds. The minimum Gasteiger partial charge on any atom is -0.380 e. The van der Waals surface area contributed by atoms with E-state index >= 15 is 0 Å². The maximum atomic E-state index is 12.1. The molecule has 1 heterocycles. The van der Waals surface area contributed by atoms with Crippen LogP contribution < -0.4 is 10.9 Å². The van der Waals surface area contributed by atoms with Gasteiger partial charge in [0.15, 0.2) is 0 Å². The molecular weight excluding hydrogens is 318 g/mol. The van der Waals surface area contributed by atoms with Crippen molar-refractivity contribution in [3.63, 3.8) is 0 Å². The standard InChI is InChI=1S/C15H22BrN3O/c1-2-10-19-15(20)14(16)13(11-17-19)18-12-8-6-4-3-5-7-9-12/h2,11-12,18H,1,3-10H2. The van der Waals surface area contributed by atoms with Gasteiger partial charge in [-0.1, -0.05) is 38.2 Å². The zero-order chi connectivity index (χ0) is 14.4. The van der Waals surface area contributed by atoms with Crippen molar-refractivity contribution in [3.8, 4) is 0 Å². The van der Waals surface area contributed by atoms with E-state index in [0.717, 1.165) is 5.69 Å². The van der Waals surface area contributed by atoms with Crippen LogP contribution in [-0.2, 0) is 6.54 Å². The minimum atomic E-state index is -0.110. The Labute approximate surface area is 128 Å². The van der Waals surface area contributed by atoms with Crippen molar-refractivity contribution in [3.05, 3.63) is 33.7 Å². The molecule has 0 aromatic carbocycles. The first-order chi connectivity index (χ1) is 9.72. The maximum absolute atomic E-state index is 12.1. The van der Waals surface area contributed by atoms with E-state index in [1.807, 2.05) is 0 Å². The van der Waals surface area contributed by atoms with Gasteiger partial charge in [-0.15, -0.1) is 6.58 Å². The lowest BCUT2D eigenvalue weighted by Gasteiger charge is -2.22. The van der Waals surface area contributed by atoms with Crippen molar-refractivity contribution in [2.75, 3.05) is 5.32 Å². The smallest absolute Gasteiger partial charge is 0.283 e. The largest absolute Gasteiger partial charge is 0.380 e. The van der Waals surface area contributed by atoms with Crippen LogP contribution >= 0.6 is 15.9 Å². The van der Waals surface area contributed by atoms with E-state index in [0.29, 0.717) is 17.1 Å². The van der Waals surface area contributed by atoms with Crippen LogP contribution in [0, 0.1) is 0 Å². The summed E-state index contributed by atoms with van der Waals surface area (Å²) in [6.45, 7) is 4.06. The molecule has 1 aromatic heterocycles. The SMILES string of the molecule is C=CCn1ncc(NC2CCCCCCC2)c(Br)c1=O. The lowest BCUT2D eigenvalue weighted by Crippen LogP contribution is -2.27. The molecule has 0 atom stereocenters. The molecule has 20 heavy (non-hydrogen) atoms. The van der Waals surface area contributed by atoms with Crippen molar-refractivity contribution < 1.29 is 0 Å². The molecule has 110 valence electrons. The number of hydrogen-bond donors (Lipinski definition) is 1. The van der Waals surface area contributed by atoms with Crippen molar-refractivity contribution >= 4 is 21.6 Å². The number of aromatic nitrogens is 2. The first-order valence-corrected chi connectivity index (χ1v) is 8.14. The second kappa shape index (κ2) is 7.62. The van der Waals surface area contributed by atoms with Gasteiger partial charge >= 0.3 is 0 Å². The molecule has 1 aliphatic carbocycles. The Kier molecular flexibility index (Phi) is 5.83. The van der Waals surface area contributed by atoms with E-state index in [1.165, 1.54) is 49.6 Å². The molecule has 1 aliphatic rings. The molecule has 0 spiro atoms. The zero-order valence-corrected chi connectivity index (χ0v) is 13.4. The Hall–Kier alpha value is -1.10. The van der Waals surface area contributed by atoms with Crippen molar-refractivity contribution in [2.45, 2.75) is 57.5 Å². The number of nitrogens with one attached hydrogen (secondary N) is 1. The first-order valence-electron chi connectivity index (χ1n) is 7.35. The van der Waals surface area contributed by atoms with Gasteiger partial charge in [-0.2, -0.15) is 5.10 Å². The highest BCUT2D eigenvalue weighted by Gasteiger charge is 2.14. The molecule has 5 heteroatoms. The predicted molar refractivity (Wildman–Crippen MR) is 86.1 cm³/mol. The maximum Gasteiger partial charge on any atom is 0.283 e. The molecule has 0 unspecified atom stereocenters. The zero-order valence-electron chi connectivity index (χ0n) is 11.8. The molecule has 1 aromatic rings. The number of allylic oxidation sites excluding steroid dienone is 1. The number of halogens is 1. The van der Waals surface area contributed by atoms with E-state index in [1.54, 1.807) is 12.3 Å². The van der Waals surface area contributed by atoms with Crippen molar-refractivity contribution in [2.24, 2.45) is 0 Å². The van der Waals surface area contributed by atoms with Crippen LogP contribution in [0.1, 0.15) is 44.9 Å². The van der Waals surface area contributed by atoms with Gasteiger partial charge in [0.1, 0.15) is 4.47 Å². The van der Waals surface area contributed by atoms with Crippen LogP contribution in [0.15, 0.2) is 28.1 Å². The van der Waals surface area contributed by atoms with Crippen LogP contribution in [0.5, 0.6) is 0 Å². The van der Waals surface area contributed by atoms with E-state index in [4.69, 9.17) is 0 Å². The summed E-state index contributed by atoms with van der Waals surface area (Å²) in [6.07, 6.45) is 12.2. The number of anilines is 1. The number of rotatable bonds is 4. The van der Waals surface area contributed by atoms with E-state index in [9.17, 15) is 4.79 Å². The highest BCUT2D eigenvalue weighted by molar-refractivity contribution is 9.10. The topological polar surface area (TPSA) is 46.9 Å². The van der Waals surface area contributed by atoms with Gasteiger partial charge in [-0.05, 0) is 28.8 Å². The van der Waals surface area contributed by atoms with Gasteiger partial charge in [-0.25, -0.2) is 4.68 Å². The molecule has 2 rings (SSSR count). The summed E-state index contributed by atoms with van der Waals surface area (Å²) in [5, 5.41) is 7.66. The fourth-order valence-electron chi connectivity index (χ4n) is 2.64. The quantitative estimate of drug-likeness (QED) is 0.850. The third-order valence-corrected chi connectivity index (χ3v) is 4.52. The Morgan fingerprint density at radius 1 is 1.35 bits per heavy atom. The fourth-order valence-corrected chi connectivity index (χ4v) is 3.06. The summed E-state index contributed by atoms with van der Waals surface area (Å²) in [4.78, 5) is 12.1. The molecule has 1 fully saturated rings. The molecule has 4 nitrogen and oxygen atoms in total. The Bertz CT molecular complexity index is 504. The normalized spacial score (nSPS) is 17.2. The van der Waals surface area contributed by atoms with Gasteiger partial charge in [0.05, 0.1) is 18.4 Å². The van der Waals surface area contributed by atoms with Gasteiger partial charge in [0.2, 0.25) is 0 Å². The monoisotopic (exact) mass is 339 g/mol. The lowest BCUT2D eigenvalue weighted by molar-refractivity contribution is 0.471. The van der Waals surface area contributed by atoms with Crippen LogP contribution in [-0.4, -0.2) is 15.8 Å². The number of hydrogen-bond acceptors (Lipinski definition) is 3. The summed E-state index contributed by atoms with van der Waals surface area (Å²) in [7, 11) is 0. The van der Waals surface area contributed by atoms with Crippen LogP contribution in [0.25, 0.3) is 0 Å². The second-order valence-corrected chi connectivity index (χ2v) is 6.13. The Morgan fingerprint density at radius 2 is 2.00 bits per heavy atom. The predicted octanol–water partition coefficient (Wildman–Crippen LogP) is 3.72. The lowest BCUT2D eigenvalue weighted by atomic mass is 9.96.